The van der Waals surface area contributed by atoms with E-state index in [0.717, 1.165) is 0 Å². The second-order valence-corrected chi connectivity index (χ2v) is 4.75. The molecule has 1 amide bonds. The van der Waals surface area contributed by atoms with Gasteiger partial charge in [0, 0.05) is 0 Å². The highest BCUT2D eigenvalue weighted by Gasteiger charge is 2.32. The molecule has 110 valence electrons. The first-order valence-corrected chi connectivity index (χ1v) is 6.42. The van der Waals surface area contributed by atoms with Gasteiger partial charge in [-0.25, -0.2) is 0 Å². The number of piperidine rings is 1. The lowest BCUT2D eigenvalue weighted by atomic mass is 10.0. The molecule has 6 nitrogen and oxygen atoms in total. The zero-order valence-corrected chi connectivity index (χ0v) is 12.3. The minimum atomic E-state index is -0.828. The number of hydroxylamine groups is 2. The summed E-state index contributed by atoms with van der Waals surface area (Å²) in [5.41, 5.74) is 0.448. The average molecular weight is 307 g/mol. The lowest BCUT2D eigenvalue weighted by molar-refractivity contribution is -0.147. The quantitative estimate of drug-likeness (QED) is 0.396. The van der Waals surface area contributed by atoms with Crippen LogP contribution in [0, 0.1) is 0 Å². The van der Waals surface area contributed by atoms with E-state index in [1.807, 2.05) is 0 Å². The Labute approximate surface area is 126 Å². The zero-order valence-electron chi connectivity index (χ0n) is 11.5. The van der Waals surface area contributed by atoms with Crippen molar-refractivity contribution in [3.05, 3.63) is 29.3 Å². The number of nitrogens with zero attached hydrogens (tertiary/aromatic N) is 1. The lowest BCUT2D eigenvalue weighted by Crippen LogP contribution is -2.41. The maximum atomic E-state index is 11.9. The van der Waals surface area contributed by atoms with E-state index in [9.17, 15) is 14.8 Å². The van der Waals surface area contributed by atoms with E-state index in [1.54, 1.807) is 18.2 Å². The maximum absolute atomic E-state index is 11.9. The van der Waals surface area contributed by atoms with E-state index in [0.29, 0.717) is 22.1 Å². The number of amides is 1. The van der Waals surface area contributed by atoms with Crippen molar-refractivity contribution in [2.45, 2.75) is 6.42 Å². The standard InChI is InChI=1S/C14H13NO5S/c1-19-11-4-3-8(6-12(11)20-2)5-9-10(16)7-13(21)15(18)14(9)17/h3-6,18H,7H2,1-2H3. The average Bonchev–Trinajstić information content (AvgIpc) is 2.49. The molecule has 0 radical (unpaired) electrons. The maximum Gasteiger partial charge on any atom is 0.286 e. The molecule has 2 rings (SSSR count). The Bertz CT molecular complexity index is 653. The van der Waals surface area contributed by atoms with Crippen molar-refractivity contribution < 1.29 is 24.3 Å². The molecule has 1 aliphatic rings. The molecule has 1 saturated heterocycles. The van der Waals surface area contributed by atoms with Crippen LogP contribution < -0.4 is 9.47 Å². The smallest absolute Gasteiger partial charge is 0.286 e. The third-order valence-corrected chi connectivity index (χ3v) is 3.31. The molecule has 1 heterocycles. The van der Waals surface area contributed by atoms with Crippen LogP contribution in [-0.4, -0.2) is 41.2 Å². The van der Waals surface area contributed by atoms with Crippen molar-refractivity contribution in [3.63, 3.8) is 0 Å². The predicted octanol–water partition coefficient (Wildman–Crippen LogP) is 1.61. The van der Waals surface area contributed by atoms with Gasteiger partial charge in [-0.05, 0) is 23.8 Å². The number of carbonyl (C=O) groups excluding carboxylic acids is 2. The van der Waals surface area contributed by atoms with Crippen molar-refractivity contribution >= 4 is 35.0 Å². The molecule has 1 aromatic rings. The van der Waals surface area contributed by atoms with E-state index < -0.39 is 11.7 Å². The van der Waals surface area contributed by atoms with E-state index in [1.165, 1.54) is 20.3 Å². The van der Waals surface area contributed by atoms with Crippen molar-refractivity contribution in [1.29, 1.82) is 0 Å². The zero-order chi connectivity index (χ0) is 15.6. The molecule has 0 aliphatic carbocycles. The summed E-state index contributed by atoms with van der Waals surface area (Å²) in [6.45, 7) is 0. The molecule has 0 aromatic heterocycles. The molecular weight excluding hydrogens is 294 g/mol. The minimum Gasteiger partial charge on any atom is -0.493 e. The van der Waals surface area contributed by atoms with Crippen LogP contribution in [0.4, 0.5) is 0 Å². The fraction of sp³-hybridized carbons (Fsp3) is 0.214. The Hall–Kier alpha value is -2.25. The van der Waals surface area contributed by atoms with Gasteiger partial charge in [-0.3, -0.25) is 14.8 Å². The van der Waals surface area contributed by atoms with Gasteiger partial charge in [-0.1, -0.05) is 18.3 Å². The summed E-state index contributed by atoms with van der Waals surface area (Å²) in [6, 6.07) is 4.95. The summed E-state index contributed by atoms with van der Waals surface area (Å²) in [4.78, 5) is 23.6. The fourth-order valence-corrected chi connectivity index (χ4v) is 2.12. The highest BCUT2D eigenvalue weighted by atomic mass is 32.1. The van der Waals surface area contributed by atoms with Crippen LogP contribution in [0.2, 0.25) is 0 Å². The van der Waals surface area contributed by atoms with Gasteiger partial charge in [-0.15, -0.1) is 0 Å². The number of benzene rings is 1. The summed E-state index contributed by atoms with van der Waals surface area (Å²) in [5, 5.41) is 9.82. The van der Waals surface area contributed by atoms with E-state index >= 15 is 0 Å². The molecule has 21 heavy (non-hydrogen) atoms. The second-order valence-electron chi connectivity index (χ2n) is 4.28. The van der Waals surface area contributed by atoms with Crippen LogP contribution in [0.3, 0.4) is 0 Å². The number of carbonyl (C=O) groups is 2. The molecule has 1 aromatic carbocycles. The summed E-state index contributed by atoms with van der Waals surface area (Å²) in [6.07, 6.45) is 1.22. The fourth-order valence-electron chi connectivity index (χ4n) is 1.91. The van der Waals surface area contributed by atoms with Crippen molar-refractivity contribution in [2.75, 3.05) is 14.2 Å². The number of Topliss-reactive ketones (excluding diaryl/α,β-unsaturated/α-hetero) is 1. The summed E-state index contributed by atoms with van der Waals surface area (Å²) in [7, 11) is 2.99. The Morgan fingerprint density at radius 1 is 1.24 bits per heavy atom. The van der Waals surface area contributed by atoms with E-state index in [-0.39, 0.29) is 17.0 Å². The normalized spacial score (nSPS) is 17.4. The van der Waals surface area contributed by atoms with Crippen LogP contribution in [0.1, 0.15) is 12.0 Å². The van der Waals surface area contributed by atoms with Crippen molar-refractivity contribution in [3.8, 4) is 11.5 Å². The Kier molecular flexibility index (Phi) is 4.35. The third kappa shape index (κ3) is 2.93. The molecule has 1 fully saturated rings. The monoisotopic (exact) mass is 307 g/mol. The summed E-state index contributed by atoms with van der Waals surface area (Å²) < 4.78 is 10.3. The van der Waals surface area contributed by atoms with Gasteiger partial charge in [0.2, 0.25) is 0 Å². The Morgan fingerprint density at radius 3 is 2.52 bits per heavy atom. The Balaban J connectivity index is 2.41. The van der Waals surface area contributed by atoms with Crippen molar-refractivity contribution in [2.24, 2.45) is 0 Å². The SMILES string of the molecule is COc1ccc(C=C2C(=O)CC(=S)N(O)C2=O)cc1OC. The lowest BCUT2D eigenvalue weighted by Gasteiger charge is -2.21. The first-order valence-electron chi connectivity index (χ1n) is 6.01. The summed E-state index contributed by atoms with van der Waals surface area (Å²) >= 11 is 4.74. The van der Waals surface area contributed by atoms with Crippen molar-refractivity contribution in [1.82, 2.24) is 5.06 Å². The molecular formula is C14H13NO5S. The number of rotatable bonds is 3. The highest BCUT2D eigenvalue weighted by Crippen LogP contribution is 2.29. The molecule has 0 atom stereocenters. The largest absolute Gasteiger partial charge is 0.493 e. The molecule has 0 bridgehead atoms. The molecule has 1 aliphatic heterocycles. The number of ether oxygens (including phenoxy) is 2. The van der Waals surface area contributed by atoms with Gasteiger partial charge >= 0.3 is 0 Å². The molecule has 1 N–H and O–H groups in total. The Morgan fingerprint density at radius 2 is 1.90 bits per heavy atom. The number of ketones is 1. The van der Waals surface area contributed by atoms with Gasteiger partial charge in [0.1, 0.15) is 4.99 Å². The van der Waals surface area contributed by atoms with Gasteiger partial charge in [-0.2, -0.15) is 5.06 Å². The van der Waals surface area contributed by atoms with Gasteiger partial charge in [0.05, 0.1) is 26.2 Å². The number of hydrogen-bond acceptors (Lipinski definition) is 6. The molecule has 0 unspecified atom stereocenters. The van der Waals surface area contributed by atoms with Crippen LogP contribution >= 0.6 is 12.2 Å². The highest BCUT2D eigenvalue weighted by molar-refractivity contribution is 7.80. The molecule has 7 heteroatoms. The molecule has 0 saturated carbocycles. The van der Waals surface area contributed by atoms with Crippen LogP contribution in [-0.2, 0) is 9.59 Å². The predicted molar refractivity (Wildman–Crippen MR) is 78.4 cm³/mol. The van der Waals surface area contributed by atoms with Gasteiger partial charge < -0.3 is 9.47 Å². The van der Waals surface area contributed by atoms with E-state index in [4.69, 9.17) is 21.7 Å². The number of hydrogen-bond donors (Lipinski definition) is 1. The van der Waals surface area contributed by atoms with Crippen LogP contribution in [0.25, 0.3) is 6.08 Å². The summed E-state index contributed by atoms with van der Waals surface area (Å²) in [5.74, 6) is -0.249. The first kappa shape index (κ1) is 15.1. The number of thiocarbonyl (C=S) groups is 1. The second kappa shape index (κ2) is 6.02. The third-order valence-electron chi connectivity index (χ3n) is 2.99. The van der Waals surface area contributed by atoms with Crippen LogP contribution in [0.5, 0.6) is 11.5 Å². The number of methoxy groups -OCH3 is 2. The minimum absolute atomic E-state index is 0.102. The molecule has 0 spiro atoms. The topological polar surface area (TPSA) is 76.1 Å². The van der Waals surface area contributed by atoms with Gasteiger partial charge in [0.25, 0.3) is 5.91 Å². The first-order chi connectivity index (χ1) is 9.97. The van der Waals surface area contributed by atoms with E-state index in [2.05, 4.69) is 0 Å². The van der Waals surface area contributed by atoms with Gasteiger partial charge in [0.15, 0.2) is 17.3 Å². The van der Waals surface area contributed by atoms with Crippen LogP contribution in [0.15, 0.2) is 23.8 Å².